The standard InChI is InChI=1S/C24H52O2Si/c1-7-8-9-10-11-12-13-14-15-16-17-18-19-20-21-22-23-27(25-5,26-6)24(2,3)4/h7-23H2,1-6H3. The normalized spacial score (nSPS) is 12.7. The van der Waals surface area contributed by atoms with Crippen LogP contribution in [0.3, 0.4) is 0 Å². The second kappa shape index (κ2) is 17.0. The molecule has 0 radical (unpaired) electrons. The first-order chi connectivity index (χ1) is 12.9. The zero-order chi connectivity index (χ0) is 20.4. The van der Waals surface area contributed by atoms with Gasteiger partial charge in [0.05, 0.1) is 0 Å². The molecule has 0 saturated carbocycles. The summed E-state index contributed by atoms with van der Waals surface area (Å²) in [5, 5.41) is 0.145. The van der Waals surface area contributed by atoms with Crippen molar-refractivity contribution in [3.8, 4) is 0 Å². The second-order valence-corrected chi connectivity index (χ2v) is 13.8. The molecule has 0 amide bonds. The lowest BCUT2D eigenvalue weighted by Gasteiger charge is -2.38. The predicted octanol–water partition coefficient (Wildman–Crippen LogP) is 8.78. The van der Waals surface area contributed by atoms with Crippen LogP contribution < -0.4 is 0 Å². The van der Waals surface area contributed by atoms with Gasteiger partial charge in [-0.25, -0.2) is 0 Å². The Morgan fingerprint density at radius 3 is 1.07 bits per heavy atom. The topological polar surface area (TPSA) is 18.5 Å². The van der Waals surface area contributed by atoms with E-state index in [0.29, 0.717) is 0 Å². The summed E-state index contributed by atoms with van der Waals surface area (Å²) in [7, 11) is 1.63. The van der Waals surface area contributed by atoms with Crippen molar-refractivity contribution in [2.45, 2.75) is 142 Å². The van der Waals surface area contributed by atoms with E-state index in [0.717, 1.165) is 6.04 Å². The molecule has 0 aromatic carbocycles. The van der Waals surface area contributed by atoms with Crippen molar-refractivity contribution in [2.24, 2.45) is 0 Å². The van der Waals surface area contributed by atoms with Gasteiger partial charge >= 0.3 is 8.56 Å². The summed E-state index contributed by atoms with van der Waals surface area (Å²) < 4.78 is 11.8. The molecule has 0 rings (SSSR count). The highest BCUT2D eigenvalue weighted by Crippen LogP contribution is 2.40. The summed E-state index contributed by atoms with van der Waals surface area (Å²) >= 11 is 0. The minimum Gasteiger partial charge on any atom is -0.397 e. The van der Waals surface area contributed by atoms with Crippen LogP contribution in [0.1, 0.15) is 130 Å². The van der Waals surface area contributed by atoms with E-state index in [9.17, 15) is 0 Å². The molecule has 0 saturated heterocycles. The number of hydrogen-bond acceptors (Lipinski definition) is 2. The Bertz CT molecular complexity index is 308. The van der Waals surface area contributed by atoms with Gasteiger partial charge in [-0.3, -0.25) is 0 Å². The molecule has 0 aliphatic rings. The van der Waals surface area contributed by atoms with E-state index in [4.69, 9.17) is 8.85 Å². The molecule has 0 aliphatic carbocycles. The summed E-state index contributed by atoms with van der Waals surface area (Å²) in [6.07, 6.45) is 22.7. The molecule has 3 heteroatoms. The van der Waals surface area contributed by atoms with Gasteiger partial charge in [0.1, 0.15) is 0 Å². The molecule has 0 aliphatic heterocycles. The predicted molar refractivity (Wildman–Crippen MR) is 124 cm³/mol. The molecule has 2 nitrogen and oxygen atoms in total. The highest BCUT2D eigenvalue weighted by molar-refractivity contribution is 6.70. The van der Waals surface area contributed by atoms with Crippen molar-refractivity contribution >= 4 is 8.56 Å². The highest BCUT2D eigenvalue weighted by Gasteiger charge is 2.47. The Kier molecular flexibility index (Phi) is 17.1. The third kappa shape index (κ3) is 13.1. The van der Waals surface area contributed by atoms with E-state index in [1.54, 1.807) is 0 Å². The fourth-order valence-corrected chi connectivity index (χ4v) is 7.45. The average molecular weight is 401 g/mol. The number of rotatable bonds is 19. The smallest absolute Gasteiger partial charge is 0.343 e. The number of unbranched alkanes of at least 4 members (excludes halogenated alkanes) is 15. The Balaban J connectivity index is 3.43. The molecular weight excluding hydrogens is 348 g/mol. The molecule has 27 heavy (non-hydrogen) atoms. The van der Waals surface area contributed by atoms with Crippen LogP contribution in [0.2, 0.25) is 11.1 Å². The SMILES string of the molecule is CCCCCCCCCCCCCCCCCC[Si](OC)(OC)C(C)(C)C. The maximum absolute atomic E-state index is 5.89. The quantitative estimate of drug-likeness (QED) is 0.159. The van der Waals surface area contributed by atoms with E-state index in [2.05, 4.69) is 27.7 Å². The summed E-state index contributed by atoms with van der Waals surface area (Å²) in [6.45, 7) is 9.08. The van der Waals surface area contributed by atoms with Gasteiger partial charge in [-0.05, 0) is 6.04 Å². The minimum absolute atomic E-state index is 0.145. The van der Waals surface area contributed by atoms with Crippen LogP contribution in [-0.4, -0.2) is 22.8 Å². The van der Waals surface area contributed by atoms with Gasteiger partial charge < -0.3 is 8.85 Å². The Hall–Kier alpha value is 0.137. The molecule has 0 atom stereocenters. The largest absolute Gasteiger partial charge is 0.397 e. The van der Waals surface area contributed by atoms with Crippen LogP contribution in [-0.2, 0) is 8.85 Å². The summed E-state index contributed by atoms with van der Waals surface area (Å²) in [5.41, 5.74) is 0. The Morgan fingerprint density at radius 1 is 0.519 bits per heavy atom. The summed E-state index contributed by atoms with van der Waals surface area (Å²) in [5.74, 6) is 0. The lowest BCUT2D eigenvalue weighted by atomic mass is 10.0. The van der Waals surface area contributed by atoms with Gasteiger partial charge in [0, 0.05) is 19.3 Å². The zero-order valence-electron chi connectivity index (χ0n) is 19.8. The maximum Gasteiger partial charge on any atom is 0.343 e. The van der Waals surface area contributed by atoms with Crippen molar-refractivity contribution in [1.29, 1.82) is 0 Å². The molecular formula is C24H52O2Si. The van der Waals surface area contributed by atoms with Gasteiger partial charge in [0.15, 0.2) is 0 Å². The molecule has 0 bridgehead atoms. The first-order valence-corrected chi connectivity index (χ1v) is 14.1. The lowest BCUT2D eigenvalue weighted by Crippen LogP contribution is -2.48. The Morgan fingerprint density at radius 2 is 0.815 bits per heavy atom. The molecule has 0 fully saturated rings. The maximum atomic E-state index is 5.89. The third-order valence-corrected chi connectivity index (χ3v) is 10.8. The molecule has 0 heterocycles. The average Bonchev–Trinajstić information content (AvgIpc) is 2.63. The monoisotopic (exact) mass is 400 g/mol. The molecule has 0 aromatic rings. The van der Waals surface area contributed by atoms with Crippen LogP contribution in [0.4, 0.5) is 0 Å². The van der Waals surface area contributed by atoms with Crippen molar-refractivity contribution in [2.75, 3.05) is 14.2 Å². The molecule has 0 unspecified atom stereocenters. The van der Waals surface area contributed by atoms with Gasteiger partial charge in [-0.1, -0.05) is 130 Å². The molecule has 0 aromatic heterocycles. The summed E-state index contributed by atoms with van der Waals surface area (Å²) in [4.78, 5) is 0. The van der Waals surface area contributed by atoms with Crippen molar-refractivity contribution in [1.82, 2.24) is 0 Å². The molecule has 164 valence electrons. The van der Waals surface area contributed by atoms with Crippen molar-refractivity contribution < 1.29 is 8.85 Å². The van der Waals surface area contributed by atoms with Crippen LogP contribution in [0.5, 0.6) is 0 Å². The molecule has 0 spiro atoms. The highest BCUT2D eigenvalue weighted by atomic mass is 28.4. The lowest BCUT2D eigenvalue weighted by molar-refractivity contribution is 0.212. The van der Waals surface area contributed by atoms with Crippen molar-refractivity contribution in [3.63, 3.8) is 0 Å². The van der Waals surface area contributed by atoms with E-state index in [-0.39, 0.29) is 5.04 Å². The van der Waals surface area contributed by atoms with Crippen LogP contribution >= 0.6 is 0 Å². The first kappa shape index (κ1) is 27.1. The van der Waals surface area contributed by atoms with Crippen molar-refractivity contribution in [3.05, 3.63) is 0 Å². The molecule has 0 N–H and O–H groups in total. The van der Waals surface area contributed by atoms with E-state index < -0.39 is 8.56 Å². The van der Waals surface area contributed by atoms with Gasteiger partial charge in [-0.2, -0.15) is 0 Å². The fourth-order valence-electron chi connectivity index (χ4n) is 4.18. The van der Waals surface area contributed by atoms with Crippen LogP contribution in [0, 0.1) is 0 Å². The van der Waals surface area contributed by atoms with E-state index in [1.807, 2.05) is 14.2 Å². The summed E-state index contributed by atoms with van der Waals surface area (Å²) in [6, 6.07) is 1.13. The van der Waals surface area contributed by atoms with Crippen LogP contribution in [0.15, 0.2) is 0 Å². The fraction of sp³-hybridized carbons (Fsp3) is 1.00. The Labute approximate surface area is 173 Å². The van der Waals surface area contributed by atoms with E-state index >= 15 is 0 Å². The van der Waals surface area contributed by atoms with Crippen LogP contribution in [0.25, 0.3) is 0 Å². The first-order valence-electron chi connectivity index (χ1n) is 12.0. The van der Waals surface area contributed by atoms with Gasteiger partial charge in [-0.15, -0.1) is 0 Å². The van der Waals surface area contributed by atoms with Gasteiger partial charge in [0.2, 0.25) is 0 Å². The minimum atomic E-state index is -2.05. The van der Waals surface area contributed by atoms with E-state index in [1.165, 1.54) is 103 Å². The third-order valence-electron chi connectivity index (χ3n) is 6.16. The zero-order valence-corrected chi connectivity index (χ0v) is 20.8. The second-order valence-electron chi connectivity index (χ2n) is 9.46. The van der Waals surface area contributed by atoms with Gasteiger partial charge in [0.25, 0.3) is 0 Å². The number of hydrogen-bond donors (Lipinski definition) is 0.